The monoisotopic (exact) mass is 372 g/mol. The molecule has 0 fully saturated rings. The van der Waals surface area contributed by atoms with Crippen molar-refractivity contribution in [2.75, 3.05) is 20.6 Å². The highest BCUT2D eigenvalue weighted by Gasteiger charge is 2.10. The van der Waals surface area contributed by atoms with Gasteiger partial charge >= 0.3 is 0 Å². The summed E-state index contributed by atoms with van der Waals surface area (Å²) in [5, 5.41) is 11.2. The zero-order chi connectivity index (χ0) is 18.4. The van der Waals surface area contributed by atoms with Crippen LogP contribution < -0.4 is 5.32 Å². The van der Waals surface area contributed by atoms with E-state index in [1.165, 1.54) is 0 Å². The molecule has 136 valence electrons. The van der Waals surface area contributed by atoms with Gasteiger partial charge < -0.3 is 14.6 Å². The van der Waals surface area contributed by atoms with Crippen molar-refractivity contribution < 1.29 is 4.42 Å². The van der Waals surface area contributed by atoms with Crippen molar-refractivity contribution in [1.82, 2.24) is 25.4 Å². The molecule has 0 bridgehead atoms. The highest BCUT2D eigenvalue weighted by Crippen LogP contribution is 2.16. The largest absolute Gasteiger partial charge is 0.461 e. The molecule has 1 aromatic carbocycles. The lowest BCUT2D eigenvalue weighted by Gasteiger charge is -2.22. The summed E-state index contributed by atoms with van der Waals surface area (Å²) in [7, 11) is 3.73. The summed E-state index contributed by atoms with van der Waals surface area (Å²) >= 11 is 6.23. The summed E-state index contributed by atoms with van der Waals surface area (Å²) in [6.45, 7) is 1.34. The van der Waals surface area contributed by atoms with Crippen molar-refractivity contribution in [3.63, 3.8) is 0 Å². The summed E-state index contributed by atoms with van der Waals surface area (Å²) in [6.07, 6.45) is 2.29. The van der Waals surface area contributed by atoms with Gasteiger partial charge in [0.1, 0.15) is 5.82 Å². The second-order valence-corrected chi connectivity index (χ2v) is 6.16. The first-order valence-corrected chi connectivity index (χ1v) is 8.65. The number of nitrogens with zero attached hydrogens (tertiary/aromatic N) is 4. The number of rotatable bonds is 6. The number of aromatic nitrogens is 3. The minimum Gasteiger partial charge on any atom is -0.461 e. The van der Waals surface area contributed by atoms with Crippen LogP contribution in [0.2, 0.25) is 5.02 Å². The van der Waals surface area contributed by atoms with E-state index in [9.17, 15) is 0 Å². The topological polar surface area (TPSA) is 82.3 Å². The van der Waals surface area contributed by atoms with Crippen molar-refractivity contribution >= 4 is 17.6 Å². The van der Waals surface area contributed by atoms with E-state index in [2.05, 4.69) is 25.5 Å². The Bertz CT molecular complexity index is 858. The molecular formula is C18H21ClN6O. The molecule has 0 aliphatic heterocycles. The number of hydrogen-bond donors (Lipinski definition) is 2. The number of aliphatic imine (C=N–C) groups is 1. The van der Waals surface area contributed by atoms with Crippen molar-refractivity contribution in [2.24, 2.45) is 4.99 Å². The van der Waals surface area contributed by atoms with E-state index in [1.54, 1.807) is 13.3 Å². The van der Waals surface area contributed by atoms with E-state index in [0.29, 0.717) is 31.1 Å². The fourth-order valence-electron chi connectivity index (χ4n) is 2.56. The molecule has 7 nitrogen and oxygen atoms in total. The van der Waals surface area contributed by atoms with Gasteiger partial charge in [-0.1, -0.05) is 29.8 Å². The third kappa shape index (κ3) is 4.43. The molecule has 0 amide bonds. The average molecular weight is 373 g/mol. The van der Waals surface area contributed by atoms with Crippen LogP contribution >= 0.6 is 11.6 Å². The van der Waals surface area contributed by atoms with Gasteiger partial charge in [-0.2, -0.15) is 5.10 Å². The molecule has 0 aliphatic rings. The first-order chi connectivity index (χ1) is 12.7. The zero-order valence-electron chi connectivity index (χ0n) is 14.7. The number of halogens is 1. The van der Waals surface area contributed by atoms with Crippen LogP contribution in [0.5, 0.6) is 0 Å². The second kappa shape index (κ2) is 8.53. The predicted octanol–water partition coefficient (Wildman–Crippen LogP) is 2.97. The third-order valence-corrected chi connectivity index (χ3v) is 4.23. The summed E-state index contributed by atoms with van der Waals surface area (Å²) in [5.41, 5.74) is 1.05. The lowest BCUT2D eigenvalue weighted by atomic mass is 10.2. The molecule has 0 spiro atoms. The second-order valence-electron chi connectivity index (χ2n) is 5.75. The maximum atomic E-state index is 6.23. The number of hydrogen-bond acceptors (Lipinski definition) is 4. The van der Waals surface area contributed by atoms with Gasteiger partial charge in [-0.15, -0.1) is 0 Å². The number of aromatic amines is 1. The Hall–Kier alpha value is -2.80. The first kappa shape index (κ1) is 18.0. The van der Waals surface area contributed by atoms with Crippen LogP contribution in [0.3, 0.4) is 0 Å². The lowest BCUT2D eigenvalue weighted by Crippen LogP contribution is -2.39. The Balaban J connectivity index is 1.52. The number of nitrogens with one attached hydrogen (secondary N) is 2. The van der Waals surface area contributed by atoms with E-state index in [1.807, 2.05) is 48.3 Å². The standard InChI is InChI=1S/C18H21ClN6O/c1-20-18(25(2)12-13-6-3-4-7-14(13)19)21-10-9-16-22-17(24-23-16)15-8-5-11-26-15/h3-8,11H,9-10,12H2,1-2H3,(H,20,21)(H,22,23,24). The van der Waals surface area contributed by atoms with E-state index in [0.717, 1.165) is 22.4 Å². The van der Waals surface area contributed by atoms with Crippen LogP contribution in [0.15, 0.2) is 52.1 Å². The van der Waals surface area contributed by atoms with E-state index in [4.69, 9.17) is 16.0 Å². The molecule has 0 saturated carbocycles. The Labute approximate surface area is 157 Å². The number of benzene rings is 1. The Morgan fingerprint density at radius 1 is 1.31 bits per heavy atom. The summed E-state index contributed by atoms with van der Waals surface area (Å²) < 4.78 is 5.29. The van der Waals surface area contributed by atoms with Crippen molar-refractivity contribution in [3.8, 4) is 11.6 Å². The van der Waals surface area contributed by atoms with Crippen LogP contribution in [-0.4, -0.2) is 46.7 Å². The summed E-state index contributed by atoms with van der Waals surface area (Å²) in [4.78, 5) is 10.8. The fourth-order valence-corrected chi connectivity index (χ4v) is 2.75. The average Bonchev–Trinajstić information content (AvgIpc) is 3.32. The Morgan fingerprint density at radius 2 is 2.15 bits per heavy atom. The molecule has 0 radical (unpaired) electrons. The van der Waals surface area contributed by atoms with Crippen LogP contribution in [0.1, 0.15) is 11.4 Å². The van der Waals surface area contributed by atoms with Gasteiger partial charge in [0.25, 0.3) is 0 Å². The van der Waals surface area contributed by atoms with Gasteiger partial charge in [-0.05, 0) is 23.8 Å². The van der Waals surface area contributed by atoms with Crippen LogP contribution in [0.25, 0.3) is 11.6 Å². The highest BCUT2D eigenvalue weighted by atomic mass is 35.5. The summed E-state index contributed by atoms with van der Waals surface area (Å²) in [5.74, 6) is 2.78. The van der Waals surface area contributed by atoms with Gasteiger partial charge in [-0.25, -0.2) is 4.98 Å². The third-order valence-electron chi connectivity index (χ3n) is 3.86. The molecule has 0 unspecified atom stereocenters. The molecule has 2 aromatic heterocycles. The molecule has 0 saturated heterocycles. The molecule has 3 aromatic rings. The van der Waals surface area contributed by atoms with Crippen LogP contribution in [0.4, 0.5) is 0 Å². The van der Waals surface area contributed by atoms with Crippen LogP contribution in [-0.2, 0) is 13.0 Å². The predicted molar refractivity (Wildman–Crippen MR) is 102 cm³/mol. The number of furan rings is 1. The van der Waals surface area contributed by atoms with Gasteiger partial charge in [0.2, 0.25) is 5.82 Å². The molecule has 3 rings (SSSR count). The molecule has 2 heterocycles. The molecular weight excluding hydrogens is 352 g/mol. The molecule has 26 heavy (non-hydrogen) atoms. The van der Waals surface area contributed by atoms with Gasteiger partial charge in [0.05, 0.1) is 6.26 Å². The lowest BCUT2D eigenvalue weighted by molar-refractivity contribution is 0.477. The van der Waals surface area contributed by atoms with Crippen molar-refractivity contribution in [1.29, 1.82) is 0 Å². The quantitative estimate of drug-likeness (QED) is 0.513. The minimum absolute atomic E-state index is 0.560. The molecule has 8 heteroatoms. The van der Waals surface area contributed by atoms with Crippen molar-refractivity contribution in [2.45, 2.75) is 13.0 Å². The van der Waals surface area contributed by atoms with E-state index >= 15 is 0 Å². The Morgan fingerprint density at radius 3 is 2.88 bits per heavy atom. The maximum absolute atomic E-state index is 6.23. The maximum Gasteiger partial charge on any atom is 0.216 e. The minimum atomic E-state index is 0.560. The molecule has 0 aliphatic carbocycles. The SMILES string of the molecule is CN=C(NCCc1nc(-c2ccco2)n[nH]1)N(C)Cc1ccccc1Cl. The molecule has 2 N–H and O–H groups in total. The first-order valence-electron chi connectivity index (χ1n) is 8.27. The highest BCUT2D eigenvalue weighted by molar-refractivity contribution is 6.31. The summed E-state index contributed by atoms with van der Waals surface area (Å²) in [6, 6.07) is 11.4. The smallest absolute Gasteiger partial charge is 0.216 e. The Kier molecular flexibility index (Phi) is 5.91. The fraction of sp³-hybridized carbons (Fsp3) is 0.278. The normalized spacial score (nSPS) is 11.6. The number of H-pyrrole nitrogens is 1. The van der Waals surface area contributed by atoms with Gasteiger partial charge in [0.15, 0.2) is 11.7 Å². The van der Waals surface area contributed by atoms with Crippen molar-refractivity contribution in [3.05, 3.63) is 59.1 Å². The van der Waals surface area contributed by atoms with Crippen LogP contribution in [0, 0.1) is 0 Å². The van der Waals surface area contributed by atoms with E-state index < -0.39 is 0 Å². The van der Waals surface area contributed by atoms with Gasteiger partial charge in [0, 0.05) is 38.6 Å². The van der Waals surface area contributed by atoms with Gasteiger partial charge in [-0.3, -0.25) is 10.1 Å². The molecule has 0 atom stereocenters. The number of guanidine groups is 1. The van der Waals surface area contributed by atoms with E-state index in [-0.39, 0.29) is 0 Å². The zero-order valence-corrected chi connectivity index (χ0v) is 15.5.